The van der Waals surface area contributed by atoms with E-state index in [9.17, 15) is 13.6 Å². The molecular weight excluding hydrogens is 234 g/mol. The Labute approximate surface area is 93.8 Å². The first-order valence-electron chi connectivity index (χ1n) is 4.34. The van der Waals surface area contributed by atoms with E-state index in [2.05, 4.69) is 0 Å². The smallest absolute Gasteiger partial charge is 0.337 e. The zero-order valence-electron chi connectivity index (χ0n) is 7.91. The van der Waals surface area contributed by atoms with Crippen molar-refractivity contribution >= 4 is 17.3 Å². The van der Waals surface area contributed by atoms with Crippen molar-refractivity contribution in [1.29, 1.82) is 0 Å². The summed E-state index contributed by atoms with van der Waals surface area (Å²) in [7, 11) is 0. The quantitative estimate of drug-likeness (QED) is 0.873. The number of halogens is 2. The second kappa shape index (κ2) is 4.02. The summed E-state index contributed by atoms with van der Waals surface area (Å²) in [6.45, 7) is 0. The van der Waals surface area contributed by atoms with Crippen molar-refractivity contribution in [3.8, 4) is 11.1 Å². The van der Waals surface area contributed by atoms with Gasteiger partial charge in [-0.3, -0.25) is 0 Å². The third-order valence-electron chi connectivity index (χ3n) is 2.07. The third-order valence-corrected chi connectivity index (χ3v) is 2.81. The highest BCUT2D eigenvalue weighted by atomic mass is 32.1. The second-order valence-corrected chi connectivity index (χ2v) is 3.91. The molecule has 2 aromatic rings. The molecule has 0 aliphatic heterocycles. The van der Waals surface area contributed by atoms with Crippen LogP contribution in [0.1, 0.15) is 10.4 Å². The molecule has 0 amide bonds. The third kappa shape index (κ3) is 1.94. The lowest BCUT2D eigenvalue weighted by atomic mass is 10.0. The maximum atomic E-state index is 13.0. The number of carboxylic acid groups (broad SMARTS) is 1. The molecule has 0 fully saturated rings. The van der Waals surface area contributed by atoms with Gasteiger partial charge in [0.25, 0.3) is 0 Å². The van der Waals surface area contributed by atoms with Crippen molar-refractivity contribution in [1.82, 2.24) is 0 Å². The summed E-state index contributed by atoms with van der Waals surface area (Å²) in [4.78, 5) is 10.8. The average Bonchev–Trinajstić information content (AvgIpc) is 2.63. The van der Waals surface area contributed by atoms with Crippen molar-refractivity contribution < 1.29 is 18.7 Å². The van der Waals surface area contributed by atoms with Crippen LogP contribution in [0.15, 0.2) is 29.0 Å². The molecule has 0 saturated carbocycles. The van der Waals surface area contributed by atoms with Crippen molar-refractivity contribution in [2.75, 3.05) is 0 Å². The van der Waals surface area contributed by atoms with E-state index in [4.69, 9.17) is 5.11 Å². The molecule has 0 aliphatic carbocycles. The van der Waals surface area contributed by atoms with E-state index in [0.29, 0.717) is 5.56 Å². The minimum atomic E-state index is -1.11. The molecule has 1 N–H and O–H groups in total. The van der Waals surface area contributed by atoms with Crippen LogP contribution in [0.25, 0.3) is 11.1 Å². The van der Waals surface area contributed by atoms with Gasteiger partial charge < -0.3 is 5.11 Å². The number of benzene rings is 1. The van der Waals surface area contributed by atoms with Gasteiger partial charge >= 0.3 is 5.97 Å². The molecule has 0 unspecified atom stereocenters. The Bertz CT molecular complexity index is 528. The predicted molar refractivity (Wildman–Crippen MR) is 56.6 cm³/mol. The highest BCUT2D eigenvalue weighted by Gasteiger charge is 2.14. The summed E-state index contributed by atoms with van der Waals surface area (Å²) in [5.74, 6) is -2.56. The van der Waals surface area contributed by atoms with Gasteiger partial charge in [0.2, 0.25) is 0 Å². The van der Waals surface area contributed by atoms with E-state index in [1.807, 2.05) is 0 Å². The number of carbonyl (C=O) groups is 1. The fourth-order valence-electron chi connectivity index (χ4n) is 1.40. The number of aromatic carboxylic acids is 1. The Morgan fingerprint density at radius 2 is 1.75 bits per heavy atom. The minimum Gasteiger partial charge on any atom is -0.478 e. The van der Waals surface area contributed by atoms with Crippen molar-refractivity contribution in [3.05, 3.63) is 46.2 Å². The Kier molecular flexibility index (Phi) is 2.70. The molecule has 1 aromatic carbocycles. The molecule has 0 bridgehead atoms. The largest absolute Gasteiger partial charge is 0.478 e. The zero-order valence-corrected chi connectivity index (χ0v) is 8.72. The van der Waals surface area contributed by atoms with E-state index in [-0.39, 0.29) is 11.1 Å². The summed E-state index contributed by atoms with van der Waals surface area (Å²) in [6.07, 6.45) is 0. The normalized spacial score (nSPS) is 10.4. The van der Waals surface area contributed by atoms with Gasteiger partial charge in [-0.25, -0.2) is 13.6 Å². The van der Waals surface area contributed by atoms with E-state index in [1.54, 1.807) is 5.38 Å². The summed E-state index contributed by atoms with van der Waals surface area (Å²) in [5, 5.41) is 11.9. The lowest BCUT2D eigenvalue weighted by Gasteiger charge is -2.01. The fraction of sp³-hybridized carbons (Fsp3) is 0. The minimum absolute atomic E-state index is 0.0509. The molecule has 2 rings (SSSR count). The molecule has 1 aromatic heterocycles. The standard InChI is InChI=1S/C11H6F2O2S/c12-7-1-6(2-8(13)3-7)9-4-16-5-10(9)11(14)15/h1-5H,(H,14,15). The van der Waals surface area contributed by atoms with Crippen molar-refractivity contribution in [2.24, 2.45) is 0 Å². The van der Waals surface area contributed by atoms with Gasteiger partial charge in [-0.05, 0) is 23.1 Å². The highest BCUT2D eigenvalue weighted by Crippen LogP contribution is 2.28. The number of hydrogen-bond donors (Lipinski definition) is 1. The number of carboxylic acids is 1. The van der Waals surface area contributed by atoms with Gasteiger partial charge in [-0.2, -0.15) is 11.3 Å². The summed E-state index contributed by atoms with van der Waals surface area (Å²) >= 11 is 1.18. The Balaban J connectivity index is 2.58. The molecule has 82 valence electrons. The first-order chi connectivity index (χ1) is 7.58. The molecule has 5 heteroatoms. The van der Waals surface area contributed by atoms with Crippen LogP contribution in [0.3, 0.4) is 0 Å². The lowest BCUT2D eigenvalue weighted by Crippen LogP contribution is -1.96. The molecule has 0 aliphatic rings. The average molecular weight is 240 g/mol. The number of rotatable bonds is 2. The maximum Gasteiger partial charge on any atom is 0.337 e. The summed E-state index contributed by atoms with van der Waals surface area (Å²) in [6, 6.07) is 2.96. The lowest BCUT2D eigenvalue weighted by molar-refractivity contribution is 0.0698. The number of thiophene rings is 1. The molecule has 0 spiro atoms. The van der Waals surface area contributed by atoms with E-state index >= 15 is 0 Å². The van der Waals surface area contributed by atoms with Crippen LogP contribution in [0.5, 0.6) is 0 Å². The first kappa shape index (κ1) is 10.8. The molecule has 1 heterocycles. The Hall–Kier alpha value is -1.75. The van der Waals surface area contributed by atoms with E-state index < -0.39 is 17.6 Å². The van der Waals surface area contributed by atoms with Crippen LogP contribution in [0.4, 0.5) is 8.78 Å². The van der Waals surface area contributed by atoms with E-state index in [0.717, 1.165) is 18.2 Å². The summed E-state index contributed by atoms with van der Waals surface area (Å²) < 4.78 is 25.9. The highest BCUT2D eigenvalue weighted by molar-refractivity contribution is 7.08. The zero-order chi connectivity index (χ0) is 11.7. The van der Waals surface area contributed by atoms with Gasteiger partial charge in [0.15, 0.2) is 0 Å². The Morgan fingerprint density at radius 1 is 1.12 bits per heavy atom. The molecular formula is C11H6F2O2S. The van der Waals surface area contributed by atoms with Gasteiger partial charge in [-0.1, -0.05) is 0 Å². The van der Waals surface area contributed by atoms with Crippen LogP contribution < -0.4 is 0 Å². The van der Waals surface area contributed by atoms with Crippen molar-refractivity contribution in [2.45, 2.75) is 0 Å². The Morgan fingerprint density at radius 3 is 2.31 bits per heavy atom. The predicted octanol–water partition coefficient (Wildman–Crippen LogP) is 3.39. The molecule has 16 heavy (non-hydrogen) atoms. The van der Waals surface area contributed by atoms with Crippen LogP contribution in [0.2, 0.25) is 0 Å². The van der Waals surface area contributed by atoms with Crippen LogP contribution >= 0.6 is 11.3 Å². The SMILES string of the molecule is O=C(O)c1cscc1-c1cc(F)cc(F)c1. The van der Waals surface area contributed by atoms with Gasteiger partial charge in [0, 0.05) is 17.0 Å². The van der Waals surface area contributed by atoms with Crippen molar-refractivity contribution in [3.63, 3.8) is 0 Å². The van der Waals surface area contributed by atoms with Gasteiger partial charge in [0.1, 0.15) is 11.6 Å². The van der Waals surface area contributed by atoms with Gasteiger partial charge in [-0.15, -0.1) is 0 Å². The van der Waals surface area contributed by atoms with Crippen LogP contribution in [0, 0.1) is 11.6 Å². The second-order valence-electron chi connectivity index (χ2n) is 3.16. The fourth-order valence-corrected chi connectivity index (χ4v) is 2.23. The number of hydrogen-bond acceptors (Lipinski definition) is 2. The molecule has 0 saturated heterocycles. The molecule has 0 atom stereocenters. The van der Waals surface area contributed by atoms with E-state index in [1.165, 1.54) is 16.7 Å². The van der Waals surface area contributed by atoms with Gasteiger partial charge in [0.05, 0.1) is 5.56 Å². The van der Waals surface area contributed by atoms with Crippen LogP contribution in [-0.4, -0.2) is 11.1 Å². The van der Waals surface area contributed by atoms with Crippen LogP contribution in [-0.2, 0) is 0 Å². The molecule has 2 nitrogen and oxygen atoms in total. The summed E-state index contributed by atoms with van der Waals surface area (Å²) in [5.41, 5.74) is 0.613. The monoisotopic (exact) mass is 240 g/mol. The topological polar surface area (TPSA) is 37.3 Å². The molecule has 0 radical (unpaired) electrons. The first-order valence-corrected chi connectivity index (χ1v) is 5.28. The maximum absolute atomic E-state index is 13.0.